The first-order valence-corrected chi connectivity index (χ1v) is 6.19. The van der Waals surface area contributed by atoms with Crippen LogP contribution in [0.1, 0.15) is 18.2 Å². The summed E-state index contributed by atoms with van der Waals surface area (Å²) >= 11 is 5.74. The third-order valence-electron chi connectivity index (χ3n) is 2.74. The van der Waals surface area contributed by atoms with Crippen LogP contribution >= 0.6 is 11.6 Å². The highest BCUT2D eigenvalue weighted by Crippen LogP contribution is 2.20. The molecule has 0 saturated carbocycles. The van der Waals surface area contributed by atoms with Crippen LogP contribution in [0.5, 0.6) is 0 Å². The van der Waals surface area contributed by atoms with E-state index in [4.69, 9.17) is 11.6 Å². The molecule has 1 aromatic carbocycles. The predicted molar refractivity (Wildman–Crippen MR) is 71.3 cm³/mol. The minimum atomic E-state index is -0.367. The van der Waals surface area contributed by atoms with Crippen molar-refractivity contribution in [3.8, 4) is 0 Å². The van der Waals surface area contributed by atoms with Gasteiger partial charge in [0.05, 0.1) is 16.4 Å². The van der Waals surface area contributed by atoms with Gasteiger partial charge in [-0.3, -0.25) is 4.68 Å². The van der Waals surface area contributed by atoms with E-state index in [1.807, 2.05) is 20.2 Å². The summed E-state index contributed by atoms with van der Waals surface area (Å²) in [5.41, 5.74) is 2.45. The molecule has 1 aromatic heterocycles. The Bertz CT molecular complexity index is 551. The lowest BCUT2D eigenvalue weighted by molar-refractivity contribution is 0.613. The second-order valence-electron chi connectivity index (χ2n) is 4.08. The van der Waals surface area contributed by atoms with E-state index in [0.717, 1.165) is 17.8 Å². The maximum Gasteiger partial charge on any atom is 0.146 e. The van der Waals surface area contributed by atoms with Gasteiger partial charge in [0.25, 0.3) is 0 Å². The second kappa shape index (κ2) is 5.40. The Labute approximate surface area is 111 Å². The first-order valence-electron chi connectivity index (χ1n) is 5.81. The fourth-order valence-electron chi connectivity index (χ4n) is 1.82. The fourth-order valence-corrected chi connectivity index (χ4v) is 2.01. The molecular weight excluding hydrogens is 253 g/mol. The number of halogens is 2. The van der Waals surface area contributed by atoms with Crippen LogP contribution in [-0.2, 0) is 20.0 Å². The van der Waals surface area contributed by atoms with Gasteiger partial charge in [0.15, 0.2) is 0 Å². The van der Waals surface area contributed by atoms with Gasteiger partial charge in [0.1, 0.15) is 5.82 Å². The summed E-state index contributed by atoms with van der Waals surface area (Å²) in [7, 11) is 1.87. The summed E-state index contributed by atoms with van der Waals surface area (Å²) in [6, 6.07) is 5.00. The summed E-state index contributed by atoms with van der Waals surface area (Å²) in [6.07, 6.45) is 2.72. The van der Waals surface area contributed by atoms with E-state index in [0.29, 0.717) is 12.1 Å². The van der Waals surface area contributed by atoms with Crippen molar-refractivity contribution in [1.82, 2.24) is 9.78 Å². The van der Waals surface area contributed by atoms with Gasteiger partial charge in [0.2, 0.25) is 0 Å². The second-order valence-corrected chi connectivity index (χ2v) is 4.49. The molecule has 0 atom stereocenters. The third-order valence-corrected chi connectivity index (χ3v) is 3.03. The molecule has 2 rings (SSSR count). The van der Waals surface area contributed by atoms with Crippen LogP contribution < -0.4 is 5.32 Å². The zero-order valence-electron chi connectivity index (χ0n) is 10.4. The molecule has 0 bridgehead atoms. The molecule has 0 aliphatic heterocycles. The molecular formula is C13H15ClFN3. The van der Waals surface area contributed by atoms with Gasteiger partial charge in [-0.15, -0.1) is 0 Å². The Kier molecular flexibility index (Phi) is 3.87. The van der Waals surface area contributed by atoms with Crippen molar-refractivity contribution in [1.29, 1.82) is 0 Å². The molecule has 0 unspecified atom stereocenters. The zero-order chi connectivity index (χ0) is 13.1. The Hall–Kier alpha value is -1.55. The van der Waals surface area contributed by atoms with Gasteiger partial charge in [-0.25, -0.2) is 4.39 Å². The number of hydrogen-bond acceptors (Lipinski definition) is 2. The van der Waals surface area contributed by atoms with Gasteiger partial charge in [0, 0.05) is 25.4 Å². The standard InChI is InChI=1S/C13H15ClFN3/c1-3-11-12(8-18(2)17-11)16-7-9-5-4-6-10(14)13(9)15/h4-6,8,16H,3,7H2,1-2H3. The van der Waals surface area contributed by atoms with Crippen molar-refractivity contribution in [3.05, 3.63) is 46.5 Å². The molecule has 0 fully saturated rings. The average Bonchev–Trinajstić information content (AvgIpc) is 2.71. The number of nitrogens with one attached hydrogen (secondary N) is 1. The highest BCUT2D eigenvalue weighted by Gasteiger charge is 2.08. The number of anilines is 1. The number of rotatable bonds is 4. The molecule has 3 nitrogen and oxygen atoms in total. The van der Waals surface area contributed by atoms with E-state index in [1.165, 1.54) is 0 Å². The van der Waals surface area contributed by atoms with Crippen molar-refractivity contribution < 1.29 is 4.39 Å². The molecule has 0 saturated heterocycles. The number of hydrogen-bond donors (Lipinski definition) is 1. The van der Waals surface area contributed by atoms with Crippen LogP contribution in [0.4, 0.5) is 10.1 Å². The SMILES string of the molecule is CCc1nn(C)cc1NCc1cccc(Cl)c1F. The van der Waals surface area contributed by atoms with E-state index < -0.39 is 0 Å². The van der Waals surface area contributed by atoms with Gasteiger partial charge in [-0.05, 0) is 12.5 Å². The van der Waals surface area contributed by atoms with Crippen molar-refractivity contribution in [2.24, 2.45) is 7.05 Å². The van der Waals surface area contributed by atoms with Crippen LogP contribution in [0.25, 0.3) is 0 Å². The summed E-state index contributed by atoms with van der Waals surface area (Å²) in [5, 5.41) is 7.65. The molecule has 96 valence electrons. The van der Waals surface area contributed by atoms with Crippen molar-refractivity contribution >= 4 is 17.3 Å². The van der Waals surface area contributed by atoms with E-state index in [9.17, 15) is 4.39 Å². The Morgan fingerprint density at radius 2 is 2.22 bits per heavy atom. The first kappa shape index (κ1) is 12.9. The van der Waals surface area contributed by atoms with Gasteiger partial charge < -0.3 is 5.32 Å². The van der Waals surface area contributed by atoms with Crippen LogP contribution in [0, 0.1) is 5.82 Å². The summed E-state index contributed by atoms with van der Waals surface area (Å²) in [5.74, 6) is -0.367. The van der Waals surface area contributed by atoms with E-state index in [1.54, 1.807) is 22.9 Å². The molecule has 0 amide bonds. The van der Waals surface area contributed by atoms with E-state index >= 15 is 0 Å². The van der Waals surface area contributed by atoms with Gasteiger partial charge in [-0.2, -0.15) is 5.10 Å². The molecule has 2 aromatic rings. The average molecular weight is 268 g/mol. The molecule has 1 N–H and O–H groups in total. The molecule has 0 spiro atoms. The van der Waals surface area contributed by atoms with Crippen LogP contribution in [-0.4, -0.2) is 9.78 Å². The van der Waals surface area contributed by atoms with Crippen molar-refractivity contribution in [2.45, 2.75) is 19.9 Å². The lowest BCUT2D eigenvalue weighted by Gasteiger charge is -2.07. The Balaban J connectivity index is 2.13. The number of aryl methyl sites for hydroxylation is 2. The number of nitrogens with zero attached hydrogens (tertiary/aromatic N) is 2. The third kappa shape index (κ3) is 2.64. The lowest BCUT2D eigenvalue weighted by atomic mass is 10.2. The zero-order valence-corrected chi connectivity index (χ0v) is 11.1. The van der Waals surface area contributed by atoms with Crippen molar-refractivity contribution in [2.75, 3.05) is 5.32 Å². The van der Waals surface area contributed by atoms with Crippen LogP contribution in [0.2, 0.25) is 5.02 Å². The molecule has 0 radical (unpaired) electrons. The van der Waals surface area contributed by atoms with Gasteiger partial charge in [-0.1, -0.05) is 30.7 Å². The maximum absolute atomic E-state index is 13.7. The first-order chi connectivity index (χ1) is 8.61. The topological polar surface area (TPSA) is 29.9 Å². The summed E-state index contributed by atoms with van der Waals surface area (Å²) in [6.45, 7) is 2.43. The molecule has 18 heavy (non-hydrogen) atoms. The quantitative estimate of drug-likeness (QED) is 0.920. The molecule has 0 aliphatic carbocycles. The summed E-state index contributed by atoms with van der Waals surface area (Å²) < 4.78 is 15.4. The Morgan fingerprint density at radius 1 is 1.44 bits per heavy atom. The van der Waals surface area contributed by atoms with Crippen LogP contribution in [0.15, 0.2) is 24.4 Å². The van der Waals surface area contributed by atoms with E-state index in [-0.39, 0.29) is 10.8 Å². The predicted octanol–water partition coefficient (Wildman–Crippen LogP) is 3.39. The minimum Gasteiger partial charge on any atom is -0.378 e. The highest BCUT2D eigenvalue weighted by atomic mass is 35.5. The normalized spacial score (nSPS) is 10.7. The smallest absolute Gasteiger partial charge is 0.146 e. The number of benzene rings is 1. The minimum absolute atomic E-state index is 0.149. The number of aromatic nitrogens is 2. The monoisotopic (exact) mass is 267 g/mol. The lowest BCUT2D eigenvalue weighted by Crippen LogP contribution is -2.03. The van der Waals surface area contributed by atoms with Gasteiger partial charge >= 0.3 is 0 Å². The molecule has 0 aliphatic rings. The highest BCUT2D eigenvalue weighted by molar-refractivity contribution is 6.30. The summed E-state index contributed by atoms with van der Waals surface area (Å²) in [4.78, 5) is 0. The largest absolute Gasteiger partial charge is 0.378 e. The molecule has 5 heteroatoms. The van der Waals surface area contributed by atoms with E-state index in [2.05, 4.69) is 10.4 Å². The maximum atomic E-state index is 13.7. The van der Waals surface area contributed by atoms with Crippen molar-refractivity contribution in [3.63, 3.8) is 0 Å². The Morgan fingerprint density at radius 3 is 2.94 bits per heavy atom. The fraction of sp³-hybridized carbons (Fsp3) is 0.308. The van der Waals surface area contributed by atoms with Crippen LogP contribution in [0.3, 0.4) is 0 Å². The molecule has 1 heterocycles.